The monoisotopic (exact) mass is 253 g/mol. The van der Waals surface area contributed by atoms with Crippen LogP contribution in [0.5, 0.6) is 0 Å². The summed E-state index contributed by atoms with van der Waals surface area (Å²) in [5.74, 6) is 0.832. The highest BCUT2D eigenvalue weighted by molar-refractivity contribution is 5.51. The number of ether oxygens (including phenoxy) is 1. The van der Waals surface area contributed by atoms with Crippen LogP contribution in [0.15, 0.2) is 18.3 Å². The largest absolute Gasteiger partial charge is 0.388 e. The summed E-state index contributed by atoms with van der Waals surface area (Å²) >= 11 is 0. The highest BCUT2D eigenvalue weighted by Crippen LogP contribution is 2.15. The van der Waals surface area contributed by atoms with Crippen LogP contribution in [0.1, 0.15) is 20.3 Å². The Bertz CT molecular complexity index is 356. The number of rotatable bonds is 8. The summed E-state index contributed by atoms with van der Waals surface area (Å²) in [7, 11) is 1.63. The van der Waals surface area contributed by atoms with E-state index >= 15 is 0 Å². The van der Waals surface area contributed by atoms with Crippen LogP contribution in [0, 0.1) is 0 Å². The van der Waals surface area contributed by atoms with Crippen molar-refractivity contribution >= 4 is 11.5 Å². The zero-order valence-corrected chi connectivity index (χ0v) is 11.4. The average Bonchev–Trinajstić information content (AvgIpc) is 2.35. The molecule has 3 N–H and O–H groups in total. The fourth-order valence-electron chi connectivity index (χ4n) is 1.52. The van der Waals surface area contributed by atoms with Crippen molar-refractivity contribution in [1.82, 2.24) is 4.98 Å². The van der Waals surface area contributed by atoms with E-state index in [9.17, 15) is 5.11 Å². The van der Waals surface area contributed by atoms with Crippen LogP contribution in [0.4, 0.5) is 11.5 Å². The average molecular weight is 253 g/mol. The lowest BCUT2D eigenvalue weighted by Crippen LogP contribution is -2.34. The van der Waals surface area contributed by atoms with Crippen molar-refractivity contribution in [3.8, 4) is 0 Å². The maximum atomic E-state index is 10.1. The summed E-state index contributed by atoms with van der Waals surface area (Å²) in [6, 6.07) is 3.81. The van der Waals surface area contributed by atoms with Crippen LogP contribution in [-0.2, 0) is 4.74 Å². The lowest BCUT2D eigenvalue weighted by Gasteiger charge is -2.24. The van der Waals surface area contributed by atoms with Crippen molar-refractivity contribution in [1.29, 1.82) is 0 Å². The highest BCUT2D eigenvalue weighted by Gasteiger charge is 2.19. The van der Waals surface area contributed by atoms with Crippen LogP contribution in [0.2, 0.25) is 0 Å². The smallest absolute Gasteiger partial charge is 0.127 e. The van der Waals surface area contributed by atoms with Crippen LogP contribution < -0.4 is 10.6 Å². The number of methoxy groups -OCH3 is 1. The Morgan fingerprint density at radius 2 is 2.22 bits per heavy atom. The number of aliphatic hydroxyl groups is 1. The zero-order valence-electron chi connectivity index (χ0n) is 11.4. The molecule has 1 atom stereocenters. The number of nitrogens with zero attached hydrogens (tertiary/aromatic N) is 1. The molecule has 0 amide bonds. The molecular formula is C13H23N3O2. The van der Waals surface area contributed by atoms with Crippen LogP contribution in [-0.4, -0.2) is 42.5 Å². The Kier molecular flexibility index (Phi) is 5.88. The van der Waals surface area contributed by atoms with Gasteiger partial charge in [0.05, 0.1) is 5.60 Å². The summed E-state index contributed by atoms with van der Waals surface area (Å²) in [6.45, 7) is 5.68. The van der Waals surface area contributed by atoms with Gasteiger partial charge in [0.25, 0.3) is 0 Å². The topological polar surface area (TPSA) is 66.4 Å². The van der Waals surface area contributed by atoms with Crippen LogP contribution >= 0.6 is 0 Å². The first-order chi connectivity index (χ1) is 8.57. The van der Waals surface area contributed by atoms with Gasteiger partial charge >= 0.3 is 0 Å². The molecule has 1 aromatic heterocycles. The summed E-state index contributed by atoms with van der Waals surface area (Å²) in [5.41, 5.74) is 0.163. The molecule has 0 radical (unpaired) electrons. The van der Waals surface area contributed by atoms with Crippen LogP contribution in [0.3, 0.4) is 0 Å². The van der Waals surface area contributed by atoms with Gasteiger partial charge in [0, 0.05) is 51.2 Å². The lowest BCUT2D eigenvalue weighted by molar-refractivity contribution is 0.0357. The normalized spacial score (nSPS) is 14.0. The molecule has 1 unspecified atom stereocenters. The first-order valence-corrected chi connectivity index (χ1v) is 6.22. The fourth-order valence-corrected chi connectivity index (χ4v) is 1.52. The van der Waals surface area contributed by atoms with E-state index in [-0.39, 0.29) is 0 Å². The van der Waals surface area contributed by atoms with E-state index in [0.717, 1.165) is 18.1 Å². The van der Waals surface area contributed by atoms with Crippen molar-refractivity contribution in [3.05, 3.63) is 18.3 Å². The maximum Gasteiger partial charge on any atom is 0.127 e. The van der Waals surface area contributed by atoms with Crippen LogP contribution in [0.25, 0.3) is 0 Å². The molecule has 0 saturated carbocycles. The predicted molar refractivity (Wildman–Crippen MR) is 74.0 cm³/mol. The molecule has 0 aliphatic heterocycles. The van der Waals surface area contributed by atoms with Crippen molar-refractivity contribution < 1.29 is 9.84 Å². The fraction of sp³-hybridized carbons (Fsp3) is 0.615. The molecule has 18 heavy (non-hydrogen) atoms. The second-order valence-electron chi connectivity index (χ2n) is 4.55. The SMILES string of the molecule is CCNc1cc(NCC(C)(O)CCOC)ccn1. The zero-order chi connectivity index (χ0) is 13.4. The Morgan fingerprint density at radius 3 is 2.89 bits per heavy atom. The Balaban J connectivity index is 2.49. The second kappa shape index (κ2) is 7.18. The molecule has 1 heterocycles. The Morgan fingerprint density at radius 1 is 1.44 bits per heavy atom. The molecule has 0 fully saturated rings. The first kappa shape index (κ1) is 14.7. The second-order valence-corrected chi connectivity index (χ2v) is 4.55. The molecular weight excluding hydrogens is 230 g/mol. The summed E-state index contributed by atoms with van der Waals surface area (Å²) in [4.78, 5) is 4.19. The minimum atomic E-state index is -0.780. The summed E-state index contributed by atoms with van der Waals surface area (Å²) in [5, 5.41) is 16.5. The van der Waals surface area contributed by atoms with Gasteiger partial charge in [0.15, 0.2) is 0 Å². The molecule has 0 spiro atoms. The molecule has 5 heteroatoms. The first-order valence-electron chi connectivity index (χ1n) is 6.22. The molecule has 1 aromatic rings. The van der Waals surface area contributed by atoms with E-state index in [4.69, 9.17) is 4.74 Å². The molecule has 0 aromatic carbocycles. The molecule has 5 nitrogen and oxygen atoms in total. The molecule has 1 rings (SSSR count). The van der Waals surface area contributed by atoms with Gasteiger partial charge in [0.2, 0.25) is 0 Å². The van der Waals surface area contributed by atoms with E-state index in [2.05, 4.69) is 15.6 Å². The number of nitrogens with one attached hydrogen (secondary N) is 2. The summed E-state index contributed by atoms with van der Waals surface area (Å²) < 4.78 is 4.97. The number of aromatic nitrogens is 1. The number of hydrogen-bond donors (Lipinski definition) is 3. The lowest BCUT2D eigenvalue weighted by atomic mass is 10.0. The Hall–Kier alpha value is -1.33. The quantitative estimate of drug-likeness (QED) is 0.658. The maximum absolute atomic E-state index is 10.1. The Labute approximate surface area is 109 Å². The third-order valence-electron chi connectivity index (χ3n) is 2.64. The van der Waals surface area contributed by atoms with Crippen molar-refractivity contribution in [2.24, 2.45) is 0 Å². The number of anilines is 2. The minimum absolute atomic E-state index is 0.478. The van der Waals surface area contributed by atoms with Gasteiger partial charge in [-0.05, 0) is 19.9 Å². The van der Waals surface area contributed by atoms with E-state index in [1.807, 2.05) is 19.1 Å². The van der Waals surface area contributed by atoms with Gasteiger partial charge in [-0.2, -0.15) is 0 Å². The van der Waals surface area contributed by atoms with Crippen molar-refractivity contribution in [2.75, 3.05) is 37.4 Å². The third-order valence-corrected chi connectivity index (χ3v) is 2.64. The van der Waals surface area contributed by atoms with E-state index in [0.29, 0.717) is 19.6 Å². The molecule has 0 aliphatic carbocycles. The van der Waals surface area contributed by atoms with Gasteiger partial charge in [-0.15, -0.1) is 0 Å². The molecule has 102 valence electrons. The molecule has 0 bridgehead atoms. The van der Waals surface area contributed by atoms with Crippen molar-refractivity contribution in [2.45, 2.75) is 25.9 Å². The van der Waals surface area contributed by atoms with Crippen molar-refractivity contribution in [3.63, 3.8) is 0 Å². The molecule has 0 saturated heterocycles. The molecule has 0 aliphatic rings. The summed E-state index contributed by atoms with van der Waals surface area (Å²) in [6.07, 6.45) is 2.34. The standard InChI is InChI=1S/C13H23N3O2/c1-4-14-12-9-11(5-7-15-12)16-10-13(2,17)6-8-18-3/h5,7,9,17H,4,6,8,10H2,1-3H3,(H2,14,15,16). The predicted octanol–water partition coefficient (Wildman–Crippen LogP) is 1.71. The van der Waals surface area contributed by atoms with Gasteiger partial charge in [-0.3, -0.25) is 0 Å². The van der Waals surface area contributed by atoms with E-state index in [1.54, 1.807) is 20.2 Å². The van der Waals surface area contributed by atoms with Gasteiger partial charge in [-0.1, -0.05) is 0 Å². The number of hydrogen-bond acceptors (Lipinski definition) is 5. The third kappa shape index (κ3) is 5.33. The number of pyridine rings is 1. The van der Waals surface area contributed by atoms with Gasteiger partial charge in [-0.25, -0.2) is 4.98 Å². The highest BCUT2D eigenvalue weighted by atomic mass is 16.5. The minimum Gasteiger partial charge on any atom is -0.388 e. The van der Waals surface area contributed by atoms with Gasteiger partial charge < -0.3 is 20.5 Å². The van der Waals surface area contributed by atoms with E-state index < -0.39 is 5.60 Å². The van der Waals surface area contributed by atoms with Gasteiger partial charge in [0.1, 0.15) is 5.82 Å². The van der Waals surface area contributed by atoms with E-state index in [1.165, 1.54) is 0 Å².